The Bertz CT molecular complexity index is 578. The van der Waals surface area contributed by atoms with Crippen LogP contribution in [0.3, 0.4) is 0 Å². The summed E-state index contributed by atoms with van der Waals surface area (Å²) in [6.45, 7) is 8.46. The summed E-state index contributed by atoms with van der Waals surface area (Å²) in [5.41, 5.74) is 1.24. The molecule has 1 aliphatic carbocycles. The molecule has 0 spiro atoms. The fourth-order valence-electron chi connectivity index (χ4n) is 4.40. The number of nitrogens with one attached hydrogen (secondary N) is 1. The van der Waals surface area contributed by atoms with Crippen molar-refractivity contribution in [2.24, 2.45) is 16.8 Å². The molecular formula is C21H34IN3O. The molecule has 3 unspecified atom stereocenters. The maximum atomic E-state index is 5.51. The lowest BCUT2D eigenvalue weighted by Gasteiger charge is -2.22. The number of benzene rings is 1. The zero-order chi connectivity index (χ0) is 17.6. The molecule has 5 heteroatoms. The van der Waals surface area contributed by atoms with Gasteiger partial charge >= 0.3 is 0 Å². The van der Waals surface area contributed by atoms with Crippen LogP contribution in [0.1, 0.15) is 51.0 Å². The lowest BCUT2D eigenvalue weighted by Crippen LogP contribution is -2.40. The number of hydrogen-bond acceptors (Lipinski definition) is 2. The van der Waals surface area contributed by atoms with Crippen LogP contribution in [0.15, 0.2) is 29.3 Å². The highest BCUT2D eigenvalue weighted by atomic mass is 127. The molecule has 146 valence electrons. The van der Waals surface area contributed by atoms with E-state index in [1.807, 2.05) is 12.1 Å². The minimum Gasteiger partial charge on any atom is -0.496 e. The zero-order valence-corrected chi connectivity index (χ0v) is 18.7. The predicted octanol–water partition coefficient (Wildman–Crippen LogP) is 4.50. The van der Waals surface area contributed by atoms with E-state index < -0.39 is 0 Å². The summed E-state index contributed by atoms with van der Waals surface area (Å²) in [5.74, 6) is 4.16. The molecule has 0 amide bonds. The minimum absolute atomic E-state index is 0. The van der Waals surface area contributed by atoms with Gasteiger partial charge < -0.3 is 15.0 Å². The van der Waals surface area contributed by atoms with Crippen molar-refractivity contribution in [1.29, 1.82) is 0 Å². The number of methoxy groups -OCH3 is 1. The van der Waals surface area contributed by atoms with Crippen molar-refractivity contribution in [2.75, 3.05) is 33.3 Å². The van der Waals surface area contributed by atoms with E-state index in [2.05, 4.69) is 36.2 Å². The summed E-state index contributed by atoms with van der Waals surface area (Å²) < 4.78 is 5.51. The van der Waals surface area contributed by atoms with Gasteiger partial charge in [-0.15, -0.1) is 24.0 Å². The summed E-state index contributed by atoms with van der Waals surface area (Å²) >= 11 is 0. The summed E-state index contributed by atoms with van der Waals surface area (Å²) in [5, 5.41) is 3.51. The van der Waals surface area contributed by atoms with Gasteiger partial charge in [0.1, 0.15) is 5.75 Å². The Labute approximate surface area is 175 Å². The van der Waals surface area contributed by atoms with Crippen molar-refractivity contribution in [1.82, 2.24) is 10.2 Å². The van der Waals surface area contributed by atoms with Crippen LogP contribution in [0, 0.1) is 11.8 Å². The second-order valence-corrected chi connectivity index (χ2v) is 7.55. The number of aliphatic imine (C=N–C) groups is 1. The third-order valence-corrected chi connectivity index (χ3v) is 5.80. The van der Waals surface area contributed by atoms with Crippen LogP contribution in [-0.4, -0.2) is 44.1 Å². The van der Waals surface area contributed by atoms with Gasteiger partial charge in [0.2, 0.25) is 0 Å². The van der Waals surface area contributed by atoms with E-state index in [0.717, 1.165) is 36.6 Å². The molecule has 3 rings (SSSR count). The van der Waals surface area contributed by atoms with E-state index >= 15 is 0 Å². The number of halogens is 1. The lowest BCUT2D eigenvalue weighted by molar-refractivity contribution is 0.299. The zero-order valence-electron chi connectivity index (χ0n) is 16.4. The van der Waals surface area contributed by atoms with E-state index in [9.17, 15) is 0 Å². The van der Waals surface area contributed by atoms with Gasteiger partial charge in [-0.2, -0.15) is 0 Å². The first kappa shape index (κ1) is 21.3. The maximum Gasteiger partial charge on any atom is 0.193 e. The third-order valence-electron chi connectivity index (χ3n) is 5.80. The summed E-state index contributed by atoms with van der Waals surface area (Å²) in [4.78, 5) is 7.48. The Morgan fingerprint density at radius 2 is 1.88 bits per heavy atom. The van der Waals surface area contributed by atoms with Crippen molar-refractivity contribution in [3.63, 3.8) is 0 Å². The van der Waals surface area contributed by atoms with E-state index in [0.29, 0.717) is 5.92 Å². The van der Waals surface area contributed by atoms with Gasteiger partial charge in [0.15, 0.2) is 5.96 Å². The molecule has 1 aromatic rings. The second-order valence-electron chi connectivity index (χ2n) is 7.55. The fourth-order valence-corrected chi connectivity index (χ4v) is 4.40. The van der Waals surface area contributed by atoms with E-state index in [4.69, 9.17) is 9.73 Å². The molecule has 1 saturated carbocycles. The molecule has 0 aromatic heterocycles. The Balaban J connectivity index is 0.00000243. The quantitative estimate of drug-likeness (QED) is 0.390. The molecule has 1 heterocycles. The molecule has 0 bridgehead atoms. The van der Waals surface area contributed by atoms with Crippen LogP contribution in [0.4, 0.5) is 0 Å². The van der Waals surface area contributed by atoms with Crippen LogP contribution in [-0.2, 0) is 0 Å². The molecule has 4 nitrogen and oxygen atoms in total. The summed E-state index contributed by atoms with van der Waals surface area (Å²) in [7, 11) is 1.74. The Morgan fingerprint density at radius 3 is 2.50 bits per heavy atom. The number of rotatable bonds is 5. The molecule has 3 atom stereocenters. The minimum atomic E-state index is 0. The molecule has 0 radical (unpaired) electrons. The van der Waals surface area contributed by atoms with Crippen molar-refractivity contribution in [3.8, 4) is 5.75 Å². The van der Waals surface area contributed by atoms with Gasteiger partial charge in [0.05, 0.1) is 7.11 Å². The summed E-state index contributed by atoms with van der Waals surface area (Å²) in [6.07, 6.45) is 5.62. The Morgan fingerprint density at radius 1 is 1.23 bits per heavy atom. The molecule has 1 N–H and O–H groups in total. The SMILES string of the molecule is CCNC(=NCC(C)c1ccccc1OC)N1CC2CCCCC2C1.I. The Kier molecular flexibility index (Phi) is 8.51. The average molecular weight is 471 g/mol. The van der Waals surface area contributed by atoms with Gasteiger partial charge in [-0.1, -0.05) is 38.0 Å². The molecule has 2 aliphatic rings. The number of fused-ring (bicyclic) bond motifs is 1. The number of ether oxygens (including phenoxy) is 1. The van der Waals surface area contributed by atoms with Crippen LogP contribution in [0.2, 0.25) is 0 Å². The number of guanidine groups is 1. The van der Waals surface area contributed by atoms with Gasteiger partial charge in [0.25, 0.3) is 0 Å². The van der Waals surface area contributed by atoms with Crippen molar-refractivity contribution in [2.45, 2.75) is 45.4 Å². The monoisotopic (exact) mass is 471 g/mol. The highest BCUT2D eigenvalue weighted by Crippen LogP contribution is 2.36. The van der Waals surface area contributed by atoms with Crippen LogP contribution in [0.25, 0.3) is 0 Å². The first-order valence-electron chi connectivity index (χ1n) is 9.89. The van der Waals surface area contributed by atoms with E-state index in [-0.39, 0.29) is 24.0 Å². The van der Waals surface area contributed by atoms with Crippen molar-refractivity contribution >= 4 is 29.9 Å². The molecule has 1 saturated heterocycles. The van der Waals surface area contributed by atoms with Gasteiger partial charge in [-0.3, -0.25) is 4.99 Å². The van der Waals surface area contributed by atoms with Crippen LogP contribution >= 0.6 is 24.0 Å². The molecule has 1 aliphatic heterocycles. The lowest BCUT2D eigenvalue weighted by atomic mass is 9.82. The fraction of sp³-hybridized carbons (Fsp3) is 0.667. The van der Waals surface area contributed by atoms with Crippen LogP contribution < -0.4 is 10.1 Å². The van der Waals surface area contributed by atoms with Gasteiger partial charge in [0, 0.05) is 32.1 Å². The number of hydrogen-bond donors (Lipinski definition) is 1. The van der Waals surface area contributed by atoms with E-state index in [1.54, 1.807) is 7.11 Å². The maximum absolute atomic E-state index is 5.51. The average Bonchev–Trinajstić information content (AvgIpc) is 3.08. The summed E-state index contributed by atoms with van der Waals surface area (Å²) in [6, 6.07) is 8.28. The van der Waals surface area contributed by atoms with E-state index in [1.165, 1.54) is 44.3 Å². The largest absolute Gasteiger partial charge is 0.496 e. The first-order chi connectivity index (χ1) is 12.2. The van der Waals surface area contributed by atoms with Gasteiger partial charge in [-0.25, -0.2) is 0 Å². The normalized spacial score (nSPS) is 23.8. The van der Waals surface area contributed by atoms with Crippen molar-refractivity contribution in [3.05, 3.63) is 29.8 Å². The predicted molar refractivity (Wildman–Crippen MR) is 120 cm³/mol. The standard InChI is InChI=1S/C21H33N3O.HI/c1-4-22-21(24-14-17-9-5-6-10-18(17)15-24)23-13-16(2)19-11-7-8-12-20(19)25-3;/h7-8,11-12,16-18H,4-6,9-10,13-15H2,1-3H3,(H,22,23);1H. The number of likely N-dealkylation sites (tertiary alicyclic amines) is 1. The molecule has 1 aromatic carbocycles. The van der Waals surface area contributed by atoms with Gasteiger partial charge in [-0.05, 0) is 43.2 Å². The number of para-hydroxylation sites is 1. The second kappa shape index (κ2) is 10.4. The first-order valence-corrected chi connectivity index (χ1v) is 9.89. The smallest absolute Gasteiger partial charge is 0.193 e. The molecule has 2 fully saturated rings. The van der Waals surface area contributed by atoms with Crippen LogP contribution in [0.5, 0.6) is 5.75 Å². The number of nitrogens with zero attached hydrogens (tertiary/aromatic N) is 2. The molecular weight excluding hydrogens is 437 g/mol. The molecule has 26 heavy (non-hydrogen) atoms. The highest BCUT2D eigenvalue weighted by molar-refractivity contribution is 14.0. The highest BCUT2D eigenvalue weighted by Gasteiger charge is 2.35. The van der Waals surface area contributed by atoms with Crippen molar-refractivity contribution < 1.29 is 4.74 Å². The third kappa shape index (κ3) is 5.05. The Hall–Kier alpha value is -0.980. The topological polar surface area (TPSA) is 36.9 Å².